The molecule has 0 aliphatic carbocycles. The summed E-state index contributed by atoms with van der Waals surface area (Å²) >= 11 is 0. The van der Waals surface area contributed by atoms with Gasteiger partial charge in [0.15, 0.2) is 0 Å². The van der Waals surface area contributed by atoms with Crippen molar-refractivity contribution in [3.63, 3.8) is 0 Å². The number of aliphatic hydroxyl groups is 1. The zero-order valence-electron chi connectivity index (χ0n) is 14.1. The number of carbonyl (C=O) groups is 1. The van der Waals surface area contributed by atoms with Crippen molar-refractivity contribution in [1.29, 1.82) is 0 Å². The molecule has 1 aliphatic heterocycles. The maximum Gasteiger partial charge on any atom is 0.321 e. The molecule has 6 heteroatoms. The Balaban J connectivity index is 1.67. The molecule has 0 saturated carbocycles. The van der Waals surface area contributed by atoms with E-state index in [4.69, 9.17) is 4.74 Å². The number of amides is 2. The summed E-state index contributed by atoms with van der Waals surface area (Å²) in [6.45, 7) is 3.05. The van der Waals surface area contributed by atoms with E-state index in [0.717, 1.165) is 36.0 Å². The third-order valence-electron chi connectivity index (χ3n) is 4.72. The molecular formula is C18H25N3O3. The third kappa shape index (κ3) is 3.71. The van der Waals surface area contributed by atoms with Gasteiger partial charge in [-0.05, 0) is 42.3 Å². The Morgan fingerprint density at radius 3 is 2.83 bits per heavy atom. The average molecular weight is 331 g/mol. The Kier molecular flexibility index (Phi) is 5.37. The maximum absolute atomic E-state index is 12.4. The van der Waals surface area contributed by atoms with Crippen LogP contribution in [-0.4, -0.2) is 54.0 Å². The summed E-state index contributed by atoms with van der Waals surface area (Å²) in [6, 6.07) is 7.95. The van der Waals surface area contributed by atoms with E-state index < -0.39 is 0 Å². The molecule has 2 heterocycles. The van der Waals surface area contributed by atoms with E-state index in [9.17, 15) is 9.90 Å². The van der Waals surface area contributed by atoms with Crippen LogP contribution < -0.4 is 5.32 Å². The highest BCUT2D eigenvalue weighted by atomic mass is 16.5. The van der Waals surface area contributed by atoms with Gasteiger partial charge in [-0.25, -0.2) is 4.79 Å². The van der Waals surface area contributed by atoms with Crippen LogP contribution in [0.15, 0.2) is 30.5 Å². The van der Waals surface area contributed by atoms with Crippen LogP contribution in [0.3, 0.4) is 0 Å². The number of anilines is 1. The number of methoxy groups -OCH3 is 1. The van der Waals surface area contributed by atoms with Gasteiger partial charge in [0.2, 0.25) is 0 Å². The number of fused-ring (bicyclic) bond motifs is 1. The molecule has 1 aromatic carbocycles. The second-order valence-electron chi connectivity index (χ2n) is 6.32. The van der Waals surface area contributed by atoms with Crippen molar-refractivity contribution in [2.45, 2.75) is 19.4 Å². The van der Waals surface area contributed by atoms with Crippen LogP contribution in [-0.2, 0) is 11.3 Å². The first-order valence-electron chi connectivity index (χ1n) is 8.46. The average Bonchev–Trinajstić information content (AvgIpc) is 3.02. The zero-order valence-corrected chi connectivity index (χ0v) is 14.1. The Labute approximate surface area is 142 Å². The summed E-state index contributed by atoms with van der Waals surface area (Å²) in [7, 11) is 1.69. The molecule has 24 heavy (non-hydrogen) atoms. The third-order valence-corrected chi connectivity index (χ3v) is 4.72. The minimum Gasteiger partial charge on any atom is -0.396 e. The number of ether oxygens (including phenoxy) is 1. The van der Waals surface area contributed by atoms with Gasteiger partial charge in [-0.3, -0.25) is 0 Å². The second kappa shape index (κ2) is 7.68. The van der Waals surface area contributed by atoms with Crippen molar-refractivity contribution >= 4 is 22.6 Å². The molecule has 2 N–H and O–H groups in total. The molecule has 1 saturated heterocycles. The number of aliphatic hydroxyl groups excluding tert-OH is 1. The fourth-order valence-corrected chi connectivity index (χ4v) is 3.17. The molecule has 3 rings (SSSR count). The number of aromatic nitrogens is 1. The lowest BCUT2D eigenvalue weighted by Gasteiger charge is -2.31. The maximum atomic E-state index is 12.4. The van der Waals surface area contributed by atoms with Crippen molar-refractivity contribution in [3.8, 4) is 0 Å². The molecule has 1 fully saturated rings. The fraction of sp³-hybridized carbons (Fsp3) is 0.500. The lowest BCUT2D eigenvalue weighted by atomic mass is 9.98. The Morgan fingerprint density at radius 2 is 2.12 bits per heavy atom. The van der Waals surface area contributed by atoms with E-state index in [2.05, 4.69) is 16.0 Å². The number of urea groups is 1. The topological polar surface area (TPSA) is 66.7 Å². The normalized spacial score (nSPS) is 15.8. The lowest BCUT2D eigenvalue weighted by Crippen LogP contribution is -2.41. The molecule has 1 aliphatic rings. The van der Waals surface area contributed by atoms with Crippen molar-refractivity contribution < 1.29 is 14.6 Å². The van der Waals surface area contributed by atoms with Gasteiger partial charge in [-0.15, -0.1) is 0 Å². The molecule has 2 aromatic rings. The number of nitrogens with zero attached hydrogens (tertiary/aromatic N) is 2. The zero-order chi connectivity index (χ0) is 16.9. The first-order valence-corrected chi connectivity index (χ1v) is 8.46. The van der Waals surface area contributed by atoms with Crippen LogP contribution in [0.2, 0.25) is 0 Å². The monoisotopic (exact) mass is 331 g/mol. The van der Waals surface area contributed by atoms with Crippen molar-refractivity contribution in [2.24, 2.45) is 5.92 Å². The molecule has 130 valence electrons. The van der Waals surface area contributed by atoms with Gasteiger partial charge < -0.3 is 24.6 Å². The minimum absolute atomic E-state index is 0.0688. The Bertz CT molecular complexity index is 690. The number of hydrogen-bond acceptors (Lipinski definition) is 3. The summed E-state index contributed by atoms with van der Waals surface area (Å²) in [6.07, 6.45) is 3.76. The minimum atomic E-state index is -0.0688. The van der Waals surface area contributed by atoms with Gasteiger partial charge in [0.05, 0.1) is 12.1 Å². The smallest absolute Gasteiger partial charge is 0.321 e. The first kappa shape index (κ1) is 16.8. The number of piperidine rings is 1. The van der Waals surface area contributed by atoms with Gasteiger partial charge in [0, 0.05) is 45.2 Å². The quantitative estimate of drug-likeness (QED) is 0.885. The molecule has 2 amide bonds. The van der Waals surface area contributed by atoms with Gasteiger partial charge in [-0.2, -0.15) is 0 Å². The van der Waals surface area contributed by atoms with Gasteiger partial charge in [0.25, 0.3) is 0 Å². The van der Waals surface area contributed by atoms with E-state index in [0.29, 0.717) is 25.6 Å². The van der Waals surface area contributed by atoms with E-state index in [1.165, 1.54) is 0 Å². The largest absolute Gasteiger partial charge is 0.396 e. The number of nitrogens with one attached hydrogen (secondary N) is 1. The van der Waals surface area contributed by atoms with E-state index in [1.54, 1.807) is 7.11 Å². The molecule has 0 unspecified atom stereocenters. The second-order valence-corrected chi connectivity index (χ2v) is 6.32. The van der Waals surface area contributed by atoms with Crippen molar-refractivity contribution in [3.05, 3.63) is 30.5 Å². The molecule has 0 atom stereocenters. The predicted octanol–water partition coefficient (Wildman–Crippen LogP) is 2.52. The number of rotatable bonds is 5. The molecule has 0 bridgehead atoms. The van der Waals surface area contributed by atoms with E-state index >= 15 is 0 Å². The number of carbonyl (C=O) groups excluding carboxylic acids is 1. The summed E-state index contributed by atoms with van der Waals surface area (Å²) in [5, 5.41) is 13.3. The van der Waals surface area contributed by atoms with Crippen LogP contribution >= 0.6 is 0 Å². The van der Waals surface area contributed by atoms with E-state index in [-0.39, 0.29) is 12.6 Å². The fourth-order valence-electron chi connectivity index (χ4n) is 3.17. The predicted molar refractivity (Wildman–Crippen MR) is 94.2 cm³/mol. The van der Waals surface area contributed by atoms with Gasteiger partial charge in [0.1, 0.15) is 0 Å². The SMILES string of the molecule is COCCn1ccc2ccc(NC(=O)N3CCC(CO)CC3)cc21. The highest BCUT2D eigenvalue weighted by Crippen LogP contribution is 2.22. The summed E-state index contributed by atoms with van der Waals surface area (Å²) in [5.74, 6) is 0.328. The van der Waals surface area contributed by atoms with Crippen LogP contribution in [0.5, 0.6) is 0 Å². The van der Waals surface area contributed by atoms with Crippen LogP contribution in [0.1, 0.15) is 12.8 Å². The molecular weight excluding hydrogens is 306 g/mol. The van der Waals surface area contributed by atoms with Crippen LogP contribution in [0.25, 0.3) is 10.9 Å². The van der Waals surface area contributed by atoms with Crippen LogP contribution in [0.4, 0.5) is 10.5 Å². The summed E-state index contributed by atoms with van der Waals surface area (Å²) in [5.41, 5.74) is 1.89. The molecule has 0 spiro atoms. The molecule has 6 nitrogen and oxygen atoms in total. The highest BCUT2D eigenvalue weighted by Gasteiger charge is 2.22. The first-order chi connectivity index (χ1) is 11.7. The number of benzene rings is 1. The summed E-state index contributed by atoms with van der Waals surface area (Å²) in [4.78, 5) is 14.2. The van der Waals surface area contributed by atoms with Crippen molar-refractivity contribution in [2.75, 3.05) is 38.7 Å². The molecule has 1 aromatic heterocycles. The van der Waals surface area contributed by atoms with Gasteiger partial charge >= 0.3 is 6.03 Å². The van der Waals surface area contributed by atoms with Crippen molar-refractivity contribution in [1.82, 2.24) is 9.47 Å². The standard InChI is InChI=1S/C18H25N3O3/c1-24-11-10-20-9-6-15-2-3-16(12-17(15)20)19-18(23)21-7-4-14(13-22)5-8-21/h2-3,6,9,12,14,22H,4-5,7-8,10-11,13H2,1H3,(H,19,23). The Morgan fingerprint density at radius 1 is 1.33 bits per heavy atom. The van der Waals surface area contributed by atoms with Gasteiger partial charge in [-0.1, -0.05) is 6.07 Å². The highest BCUT2D eigenvalue weighted by molar-refractivity contribution is 5.92. The summed E-state index contributed by atoms with van der Waals surface area (Å²) < 4.78 is 7.27. The number of hydrogen-bond donors (Lipinski definition) is 2. The Hall–Kier alpha value is -2.05. The van der Waals surface area contributed by atoms with E-state index in [1.807, 2.05) is 29.3 Å². The number of likely N-dealkylation sites (tertiary alicyclic amines) is 1. The van der Waals surface area contributed by atoms with Crippen LogP contribution in [0, 0.1) is 5.92 Å². The lowest BCUT2D eigenvalue weighted by molar-refractivity contribution is 0.143. The molecule has 0 radical (unpaired) electrons.